The topological polar surface area (TPSA) is 48.5 Å². The summed E-state index contributed by atoms with van der Waals surface area (Å²) >= 11 is 18.6. The molecule has 3 aromatic rings. The van der Waals surface area contributed by atoms with E-state index < -0.39 is 5.82 Å². The number of hydrogen-bond donors (Lipinski definition) is 1. The van der Waals surface area contributed by atoms with Crippen molar-refractivity contribution in [2.45, 2.75) is 6.42 Å². The molecular weight excluding hydrogens is 450 g/mol. The summed E-state index contributed by atoms with van der Waals surface area (Å²) < 4.78 is 13.4. The first kappa shape index (κ1) is 20.7. The first-order valence-corrected chi connectivity index (χ1v) is 10.3. The Kier molecular flexibility index (Phi) is 5.99. The van der Waals surface area contributed by atoms with Crippen molar-refractivity contribution in [1.29, 1.82) is 0 Å². The fourth-order valence-electron chi connectivity index (χ4n) is 3.42. The maximum atomic E-state index is 13.4. The third kappa shape index (κ3) is 4.03. The van der Waals surface area contributed by atoms with Crippen LogP contribution in [0.25, 0.3) is 0 Å². The van der Waals surface area contributed by atoms with E-state index in [9.17, 15) is 9.18 Å². The van der Waals surface area contributed by atoms with Crippen molar-refractivity contribution in [1.82, 2.24) is 4.98 Å². The lowest BCUT2D eigenvalue weighted by Crippen LogP contribution is -2.35. The lowest BCUT2D eigenvalue weighted by molar-refractivity contribution is 0.257. The van der Waals surface area contributed by atoms with E-state index >= 15 is 0 Å². The average Bonchev–Trinajstić information content (AvgIpc) is 2.91. The van der Waals surface area contributed by atoms with Gasteiger partial charge in [0.05, 0.1) is 32.1 Å². The Balaban J connectivity index is 1.70. The third-order valence-corrected chi connectivity index (χ3v) is 5.58. The number of anilines is 4. The van der Waals surface area contributed by atoms with E-state index in [0.717, 1.165) is 5.69 Å². The predicted octanol–water partition coefficient (Wildman–Crippen LogP) is 6.76. The molecule has 1 N–H and O–H groups in total. The quantitative estimate of drug-likeness (QED) is 0.455. The van der Waals surface area contributed by atoms with Crippen molar-refractivity contribution < 1.29 is 9.18 Å². The van der Waals surface area contributed by atoms with E-state index in [1.807, 2.05) is 29.2 Å². The number of rotatable bonds is 2. The molecule has 1 aliphatic rings. The second-order valence-electron chi connectivity index (χ2n) is 6.66. The van der Waals surface area contributed by atoms with E-state index in [0.29, 0.717) is 46.6 Å². The van der Waals surface area contributed by atoms with E-state index in [1.165, 1.54) is 18.2 Å². The minimum atomic E-state index is -0.545. The van der Waals surface area contributed by atoms with Crippen molar-refractivity contribution in [2.75, 3.05) is 28.2 Å². The standard InChI is InChI=1S/C21H16Cl3FN4O/c22-14-10-13(6-7-17(14)25)27-21(30)29-9-3-8-28(18-4-1-2-5-19(18)29)20-15(23)11-26-12-16(20)24/h1-2,4-7,10-12H,3,8-9H2,(H,27,30). The van der Waals surface area contributed by atoms with Crippen LogP contribution < -0.4 is 15.1 Å². The van der Waals surface area contributed by atoms with Crippen LogP contribution >= 0.6 is 34.8 Å². The number of urea groups is 1. The lowest BCUT2D eigenvalue weighted by Gasteiger charge is -2.28. The summed E-state index contributed by atoms with van der Waals surface area (Å²) in [5.74, 6) is -0.545. The number of fused-ring (bicyclic) bond motifs is 1. The van der Waals surface area contributed by atoms with Crippen molar-refractivity contribution in [3.8, 4) is 0 Å². The largest absolute Gasteiger partial charge is 0.337 e. The van der Waals surface area contributed by atoms with Gasteiger partial charge in [0, 0.05) is 31.2 Å². The molecule has 1 aromatic heterocycles. The predicted molar refractivity (Wildman–Crippen MR) is 120 cm³/mol. The molecule has 0 unspecified atom stereocenters. The summed E-state index contributed by atoms with van der Waals surface area (Å²) in [6, 6.07) is 11.2. The Morgan fingerprint density at radius 2 is 1.67 bits per heavy atom. The van der Waals surface area contributed by atoms with Crippen LogP contribution in [-0.4, -0.2) is 24.1 Å². The highest BCUT2D eigenvalue weighted by Crippen LogP contribution is 2.42. The van der Waals surface area contributed by atoms with Gasteiger partial charge in [-0.1, -0.05) is 46.9 Å². The highest BCUT2D eigenvalue weighted by Gasteiger charge is 2.27. The van der Waals surface area contributed by atoms with Crippen molar-refractivity contribution >= 4 is 63.6 Å². The van der Waals surface area contributed by atoms with Crippen LogP contribution in [0.4, 0.5) is 31.9 Å². The molecule has 0 aliphatic carbocycles. The van der Waals surface area contributed by atoms with Gasteiger partial charge in [0.1, 0.15) is 5.82 Å². The van der Waals surface area contributed by atoms with Crippen molar-refractivity contribution in [3.05, 3.63) is 75.7 Å². The summed E-state index contributed by atoms with van der Waals surface area (Å²) in [6.07, 6.45) is 3.75. The number of aromatic nitrogens is 1. The number of amides is 2. The van der Waals surface area contributed by atoms with Gasteiger partial charge in [-0.05, 0) is 36.8 Å². The number of pyridine rings is 1. The molecule has 0 spiro atoms. The summed E-state index contributed by atoms with van der Waals surface area (Å²) in [6.45, 7) is 1.07. The van der Waals surface area contributed by atoms with E-state index in [1.54, 1.807) is 17.3 Å². The van der Waals surface area contributed by atoms with Gasteiger partial charge in [-0.2, -0.15) is 0 Å². The molecule has 0 atom stereocenters. The number of para-hydroxylation sites is 2. The molecule has 154 valence electrons. The molecule has 1 aliphatic heterocycles. The van der Waals surface area contributed by atoms with E-state index in [-0.39, 0.29) is 11.1 Å². The van der Waals surface area contributed by atoms with Crippen LogP contribution in [0, 0.1) is 5.82 Å². The fraction of sp³-hybridized carbons (Fsp3) is 0.143. The van der Waals surface area contributed by atoms with Gasteiger partial charge in [0.25, 0.3) is 0 Å². The second-order valence-corrected chi connectivity index (χ2v) is 7.88. The minimum Gasteiger partial charge on any atom is -0.337 e. The van der Waals surface area contributed by atoms with Gasteiger partial charge in [-0.25, -0.2) is 9.18 Å². The molecular formula is C21H16Cl3FN4O. The van der Waals surface area contributed by atoms with Gasteiger partial charge in [0.2, 0.25) is 0 Å². The summed E-state index contributed by atoms with van der Waals surface area (Å²) in [5.41, 5.74) is 2.54. The molecule has 0 saturated carbocycles. The number of hydrogen-bond acceptors (Lipinski definition) is 3. The maximum absolute atomic E-state index is 13.4. The van der Waals surface area contributed by atoms with Gasteiger partial charge in [-0.15, -0.1) is 0 Å². The summed E-state index contributed by atoms with van der Waals surface area (Å²) in [7, 11) is 0. The smallest absolute Gasteiger partial charge is 0.326 e. The highest BCUT2D eigenvalue weighted by molar-refractivity contribution is 6.39. The zero-order valence-corrected chi connectivity index (χ0v) is 17.8. The molecule has 9 heteroatoms. The van der Waals surface area contributed by atoms with Crippen molar-refractivity contribution in [3.63, 3.8) is 0 Å². The first-order chi connectivity index (χ1) is 14.5. The second kappa shape index (κ2) is 8.68. The summed E-state index contributed by atoms with van der Waals surface area (Å²) in [5, 5.41) is 3.58. The monoisotopic (exact) mass is 464 g/mol. The fourth-order valence-corrected chi connectivity index (χ4v) is 4.17. The highest BCUT2D eigenvalue weighted by atomic mass is 35.5. The van der Waals surface area contributed by atoms with Gasteiger partial charge < -0.3 is 10.2 Å². The minimum absolute atomic E-state index is 0.0581. The first-order valence-electron chi connectivity index (χ1n) is 9.15. The van der Waals surface area contributed by atoms with Gasteiger partial charge in [-0.3, -0.25) is 9.88 Å². The normalized spacial score (nSPS) is 13.6. The van der Waals surface area contributed by atoms with E-state index in [2.05, 4.69) is 10.3 Å². The molecule has 0 bridgehead atoms. The molecule has 2 heterocycles. The molecule has 4 rings (SSSR count). The van der Waals surface area contributed by atoms with E-state index in [4.69, 9.17) is 34.8 Å². The van der Waals surface area contributed by atoms with Gasteiger partial charge >= 0.3 is 6.03 Å². The average molecular weight is 466 g/mol. The van der Waals surface area contributed by atoms with Crippen LogP contribution in [0.3, 0.4) is 0 Å². The number of carbonyl (C=O) groups excluding carboxylic acids is 1. The lowest BCUT2D eigenvalue weighted by atomic mass is 10.2. The molecule has 0 saturated heterocycles. The Labute approximate surface area is 188 Å². The van der Waals surface area contributed by atoms with Crippen LogP contribution in [0.1, 0.15) is 6.42 Å². The van der Waals surface area contributed by atoms with Gasteiger partial charge in [0.15, 0.2) is 0 Å². The zero-order valence-electron chi connectivity index (χ0n) is 15.6. The molecule has 0 radical (unpaired) electrons. The molecule has 0 fully saturated rings. The van der Waals surface area contributed by atoms with Crippen molar-refractivity contribution in [2.24, 2.45) is 0 Å². The molecule has 30 heavy (non-hydrogen) atoms. The number of carbonyl (C=O) groups is 1. The number of benzene rings is 2. The Hall–Kier alpha value is -2.54. The molecule has 5 nitrogen and oxygen atoms in total. The Morgan fingerprint density at radius 1 is 0.967 bits per heavy atom. The number of nitrogens with one attached hydrogen (secondary N) is 1. The number of halogens is 4. The maximum Gasteiger partial charge on any atom is 0.326 e. The summed E-state index contributed by atoms with van der Waals surface area (Å²) in [4.78, 5) is 20.7. The Morgan fingerprint density at radius 3 is 2.37 bits per heavy atom. The number of nitrogens with zero attached hydrogens (tertiary/aromatic N) is 3. The van der Waals surface area contributed by atoms with Crippen LogP contribution in [-0.2, 0) is 0 Å². The van der Waals surface area contributed by atoms with Crippen LogP contribution in [0.5, 0.6) is 0 Å². The molecule has 2 amide bonds. The zero-order chi connectivity index (χ0) is 21.3. The third-order valence-electron chi connectivity index (χ3n) is 4.74. The molecule has 2 aromatic carbocycles. The van der Waals surface area contributed by atoms with Crippen LogP contribution in [0.15, 0.2) is 54.9 Å². The SMILES string of the molecule is O=C(Nc1ccc(F)c(Cl)c1)N1CCCN(c2c(Cl)cncc2Cl)c2ccccc21. The Bertz CT molecular complexity index is 1090. The van der Waals surface area contributed by atoms with Crippen LogP contribution in [0.2, 0.25) is 15.1 Å².